The average molecular weight is 430 g/mol. The monoisotopic (exact) mass is 429 g/mol. The molecule has 0 N–H and O–H groups in total. The van der Waals surface area contributed by atoms with Gasteiger partial charge in [-0.25, -0.2) is 0 Å². The second kappa shape index (κ2) is 8.27. The summed E-state index contributed by atoms with van der Waals surface area (Å²) in [6.45, 7) is 6.95. The highest BCUT2D eigenvalue weighted by Crippen LogP contribution is 2.48. The van der Waals surface area contributed by atoms with Gasteiger partial charge in [-0.15, -0.1) is 0 Å². The molecule has 3 aliphatic rings. The zero-order chi connectivity index (χ0) is 21.5. The Bertz CT molecular complexity index is 927. The Balaban J connectivity index is 1.71. The van der Waals surface area contributed by atoms with Gasteiger partial charge in [0, 0.05) is 41.0 Å². The summed E-state index contributed by atoms with van der Waals surface area (Å²) in [6.07, 6.45) is 2.98. The summed E-state index contributed by atoms with van der Waals surface area (Å²) >= 11 is 6.27. The van der Waals surface area contributed by atoms with Crippen molar-refractivity contribution < 1.29 is 19.1 Å². The zero-order valence-corrected chi connectivity index (χ0v) is 18.5. The van der Waals surface area contributed by atoms with Gasteiger partial charge in [-0.1, -0.05) is 37.6 Å². The van der Waals surface area contributed by atoms with Crippen LogP contribution in [0.3, 0.4) is 0 Å². The van der Waals surface area contributed by atoms with Gasteiger partial charge >= 0.3 is 5.97 Å². The predicted molar refractivity (Wildman–Crippen MR) is 116 cm³/mol. The number of nitrogens with zero attached hydrogens (tertiary/aromatic N) is 1. The van der Waals surface area contributed by atoms with Crippen molar-refractivity contribution >= 4 is 29.1 Å². The lowest BCUT2D eigenvalue weighted by Crippen LogP contribution is -2.40. The van der Waals surface area contributed by atoms with E-state index in [-0.39, 0.29) is 29.9 Å². The highest BCUT2D eigenvalue weighted by atomic mass is 35.5. The molecule has 2 aliphatic heterocycles. The number of Topliss-reactive ketones (excluding diaryl/α,β-unsaturated/α-hetero) is 1. The maximum absolute atomic E-state index is 13.2. The van der Waals surface area contributed by atoms with Crippen molar-refractivity contribution in [2.24, 2.45) is 16.3 Å². The molecular formula is C24H28ClNO4. The first-order chi connectivity index (χ1) is 14.2. The number of esters is 1. The summed E-state index contributed by atoms with van der Waals surface area (Å²) in [5.74, 6) is -1.38. The lowest BCUT2D eigenvalue weighted by Gasteiger charge is -2.39. The van der Waals surface area contributed by atoms with E-state index >= 15 is 0 Å². The first-order valence-corrected chi connectivity index (χ1v) is 11.0. The normalized spacial score (nSPS) is 28.2. The molecule has 1 fully saturated rings. The molecule has 1 aromatic rings. The standard InChI is InChI=1S/C24H28ClNO4/c1-14-20(23(28)30-13-17-8-5-9-29-17)21(15-6-4-7-16(25)10-15)22-18(26-14)11-24(2,3)12-19(22)27/h4,6-7,10,17,20-21H,5,8-9,11-13H2,1-3H3/t17-,20?,21+/m1/s1. The number of ether oxygens (including phenoxy) is 2. The third kappa shape index (κ3) is 4.23. The number of allylic oxidation sites excluding steroid dienone is 2. The van der Waals surface area contributed by atoms with Crippen LogP contribution in [0.5, 0.6) is 0 Å². The fraction of sp³-hybridized carbons (Fsp3) is 0.542. The molecule has 0 radical (unpaired) electrons. The van der Waals surface area contributed by atoms with Gasteiger partial charge in [0.05, 0.1) is 6.10 Å². The molecule has 1 aliphatic carbocycles. The number of halogens is 1. The number of benzene rings is 1. The Morgan fingerprint density at radius 2 is 2.13 bits per heavy atom. The fourth-order valence-electron chi connectivity index (χ4n) is 4.85. The van der Waals surface area contributed by atoms with Gasteiger partial charge in [0.25, 0.3) is 0 Å². The van der Waals surface area contributed by atoms with Gasteiger partial charge in [-0.2, -0.15) is 0 Å². The smallest absolute Gasteiger partial charge is 0.315 e. The summed E-state index contributed by atoms with van der Waals surface area (Å²) in [5.41, 5.74) is 2.81. The lowest BCUT2D eigenvalue weighted by atomic mass is 9.67. The summed E-state index contributed by atoms with van der Waals surface area (Å²) in [7, 11) is 0. The van der Waals surface area contributed by atoms with E-state index in [0.717, 1.165) is 24.1 Å². The van der Waals surface area contributed by atoms with Crippen LogP contribution in [0.4, 0.5) is 0 Å². The summed E-state index contributed by atoms with van der Waals surface area (Å²) in [5, 5.41) is 0.574. The Hall–Kier alpha value is -1.98. The topological polar surface area (TPSA) is 65.0 Å². The van der Waals surface area contributed by atoms with Gasteiger partial charge in [0.1, 0.15) is 12.5 Å². The molecule has 5 nitrogen and oxygen atoms in total. The van der Waals surface area contributed by atoms with E-state index in [4.69, 9.17) is 26.1 Å². The summed E-state index contributed by atoms with van der Waals surface area (Å²) in [4.78, 5) is 31.2. The van der Waals surface area contributed by atoms with Gasteiger partial charge < -0.3 is 9.47 Å². The first-order valence-electron chi connectivity index (χ1n) is 10.6. The van der Waals surface area contributed by atoms with Crippen LogP contribution in [0.15, 0.2) is 40.5 Å². The van der Waals surface area contributed by atoms with Crippen LogP contribution < -0.4 is 0 Å². The number of carbonyl (C=O) groups excluding carboxylic acids is 2. The Labute approximate surface area is 182 Å². The summed E-state index contributed by atoms with van der Waals surface area (Å²) < 4.78 is 11.2. The third-order valence-electron chi connectivity index (χ3n) is 6.20. The Morgan fingerprint density at radius 1 is 1.33 bits per heavy atom. The van der Waals surface area contributed by atoms with Crippen molar-refractivity contribution in [2.45, 2.75) is 58.5 Å². The van der Waals surface area contributed by atoms with Crippen LogP contribution in [0.2, 0.25) is 5.02 Å². The second-order valence-corrected chi connectivity index (χ2v) is 9.77. The van der Waals surface area contributed by atoms with Crippen LogP contribution in [-0.4, -0.2) is 36.8 Å². The number of hydrogen-bond donors (Lipinski definition) is 0. The fourth-order valence-corrected chi connectivity index (χ4v) is 5.05. The van der Waals surface area contributed by atoms with Crippen molar-refractivity contribution in [3.05, 3.63) is 46.1 Å². The van der Waals surface area contributed by atoms with Gasteiger partial charge in [-0.05, 0) is 49.3 Å². The van der Waals surface area contributed by atoms with Crippen molar-refractivity contribution in [3.63, 3.8) is 0 Å². The largest absolute Gasteiger partial charge is 0.462 e. The number of carbonyl (C=O) groups is 2. The van der Waals surface area contributed by atoms with Crippen LogP contribution in [-0.2, 0) is 19.1 Å². The minimum absolute atomic E-state index is 0.0497. The molecule has 1 unspecified atom stereocenters. The van der Waals surface area contributed by atoms with Gasteiger partial charge in [0.2, 0.25) is 0 Å². The van der Waals surface area contributed by atoms with Crippen LogP contribution in [0, 0.1) is 11.3 Å². The number of aliphatic imine (C=N–C) groups is 1. The van der Waals surface area contributed by atoms with E-state index in [2.05, 4.69) is 13.8 Å². The van der Waals surface area contributed by atoms with Crippen molar-refractivity contribution in [1.29, 1.82) is 0 Å². The first kappa shape index (κ1) is 21.3. The van der Waals surface area contributed by atoms with E-state index in [1.165, 1.54) is 0 Å². The molecule has 2 heterocycles. The molecule has 4 rings (SSSR count). The Kier molecular flexibility index (Phi) is 5.86. The lowest BCUT2D eigenvalue weighted by molar-refractivity contribution is -0.149. The second-order valence-electron chi connectivity index (χ2n) is 9.33. The molecule has 6 heteroatoms. The van der Waals surface area contributed by atoms with E-state index in [9.17, 15) is 9.59 Å². The SMILES string of the molecule is CC1=NC2=C(C(=O)CC(C)(C)C2)[C@@H](c2cccc(Cl)c2)C1C(=O)OC[C@H]1CCCO1. The van der Waals surface area contributed by atoms with Gasteiger partial charge in [0.15, 0.2) is 5.78 Å². The number of rotatable bonds is 4. The molecule has 0 saturated carbocycles. The predicted octanol–water partition coefficient (Wildman–Crippen LogP) is 4.88. The number of hydrogen-bond acceptors (Lipinski definition) is 5. The molecular weight excluding hydrogens is 402 g/mol. The maximum atomic E-state index is 13.2. The van der Waals surface area contributed by atoms with Crippen LogP contribution in [0.1, 0.15) is 57.9 Å². The van der Waals surface area contributed by atoms with Crippen LogP contribution in [0.25, 0.3) is 0 Å². The van der Waals surface area contributed by atoms with Crippen molar-refractivity contribution in [3.8, 4) is 0 Å². The van der Waals surface area contributed by atoms with Gasteiger partial charge in [-0.3, -0.25) is 14.6 Å². The van der Waals surface area contributed by atoms with E-state index in [0.29, 0.717) is 35.8 Å². The van der Waals surface area contributed by atoms with E-state index in [1.54, 1.807) is 6.07 Å². The summed E-state index contributed by atoms with van der Waals surface area (Å²) in [6, 6.07) is 7.40. The number of ketones is 1. The highest BCUT2D eigenvalue weighted by molar-refractivity contribution is 6.30. The average Bonchev–Trinajstić information content (AvgIpc) is 3.17. The molecule has 0 aromatic heterocycles. The molecule has 1 aromatic carbocycles. The highest BCUT2D eigenvalue weighted by Gasteiger charge is 2.46. The molecule has 3 atom stereocenters. The van der Waals surface area contributed by atoms with Crippen LogP contribution >= 0.6 is 11.6 Å². The minimum Gasteiger partial charge on any atom is -0.462 e. The van der Waals surface area contributed by atoms with E-state index in [1.807, 2.05) is 25.1 Å². The quantitative estimate of drug-likeness (QED) is 0.640. The zero-order valence-electron chi connectivity index (χ0n) is 17.7. The maximum Gasteiger partial charge on any atom is 0.315 e. The molecule has 0 spiro atoms. The Morgan fingerprint density at radius 3 is 2.83 bits per heavy atom. The molecule has 0 amide bonds. The molecule has 30 heavy (non-hydrogen) atoms. The molecule has 1 saturated heterocycles. The van der Waals surface area contributed by atoms with Crippen molar-refractivity contribution in [1.82, 2.24) is 0 Å². The third-order valence-corrected chi connectivity index (χ3v) is 6.43. The van der Waals surface area contributed by atoms with E-state index < -0.39 is 11.8 Å². The molecule has 160 valence electrons. The van der Waals surface area contributed by atoms with Crippen molar-refractivity contribution in [2.75, 3.05) is 13.2 Å². The molecule has 0 bridgehead atoms. The minimum atomic E-state index is -0.645.